The molecule has 0 radical (unpaired) electrons. The van der Waals surface area contributed by atoms with Crippen LogP contribution in [0.1, 0.15) is 47.2 Å². The van der Waals surface area contributed by atoms with Gasteiger partial charge in [-0.15, -0.1) is 0 Å². The summed E-state index contributed by atoms with van der Waals surface area (Å²) in [5.74, 6) is 2.80. The fourth-order valence-corrected chi connectivity index (χ4v) is 4.33. The summed E-state index contributed by atoms with van der Waals surface area (Å²) in [6.07, 6.45) is 6.73. The largest absolute Gasteiger partial charge is 0.468 e. The minimum absolute atomic E-state index is 0.323. The van der Waals surface area contributed by atoms with E-state index in [2.05, 4.69) is 20.4 Å². The third kappa shape index (κ3) is 3.36. The number of rotatable bonds is 4. The first kappa shape index (κ1) is 17.6. The van der Waals surface area contributed by atoms with Crippen LogP contribution in [0.2, 0.25) is 0 Å². The normalized spacial score (nSPS) is 18.3. The molecule has 0 amide bonds. The summed E-state index contributed by atoms with van der Waals surface area (Å²) < 4.78 is 11.2. The second kappa shape index (κ2) is 7.48. The number of pyridine rings is 1. The highest BCUT2D eigenvalue weighted by Gasteiger charge is 2.27. The van der Waals surface area contributed by atoms with Gasteiger partial charge in [-0.3, -0.25) is 9.88 Å². The molecule has 0 saturated carbocycles. The van der Waals surface area contributed by atoms with Gasteiger partial charge in [0.05, 0.1) is 12.8 Å². The van der Waals surface area contributed by atoms with Crippen molar-refractivity contribution >= 4 is 0 Å². The Hall–Kier alpha value is -2.51. The molecule has 146 valence electrons. The Balaban J connectivity index is 1.31. The quantitative estimate of drug-likeness (QED) is 0.746. The van der Waals surface area contributed by atoms with Crippen molar-refractivity contribution in [3.05, 3.63) is 53.1 Å². The predicted octanol–water partition coefficient (Wildman–Crippen LogP) is 3.06. The molecule has 3 aromatic heterocycles. The number of hydrogen-bond donors (Lipinski definition) is 1. The van der Waals surface area contributed by atoms with E-state index >= 15 is 0 Å². The summed E-state index contributed by atoms with van der Waals surface area (Å²) in [6.45, 7) is 6.74. The van der Waals surface area contributed by atoms with Gasteiger partial charge in [-0.05, 0) is 69.1 Å². The summed E-state index contributed by atoms with van der Waals surface area (Å²) in [4.78, 5) is 11.8. The number of nitrogens with one attached hydrogen (secondary N) is 1. The Bertz CT molecular complexity index is 942. The van der Waals surface area contributed by atoms with Crippen LogP contribution in [0.3, 0.4) is 0 Å². The van der Waals surface area contributed by atoms with E-state index in [1.54, 1.807) is 6.26 Å². The van der Waals surface area contributed by atoms with Crippen molar-refractivity contribution in [1.82, 2.24) is 25.3 Å². The lowest BCUT2D eigenvalue weighted by Crippen LogP contribution is -2.32. The van der Waals surface area contributed by atoms with Gasteiger partial charge in [0.25, 0.3) is 0 Å². The van der Waals surface area contributed by atoms with E-state index in [1.807, 2.05) is 25.3 Å². The minimum Gasteiger partial charge on any atom is -0.468 e. The van der Waals surface area contributed by atoms with Gasteiger partial charge in [-0.2, -0.15) is 4.98 Å². The van der Waals surface area contributed by atoms with Gasteiger partial charge in [0.15, 0.2) is 0 Å². The molecule has 1 N–H and O–H groups in total. The van der Waals surface area contributed by atoms with E-state index < -0.39 is 0 Å². The highest BCUT2D eigenvalue weighted by molar-refractivity contribution is 5.64. The number of nitrogens with zero attached hydrogens (tertiary/aromatic N) is 4. The Labute approximate surface area is 164 Å². The topological polar surface area (TPSA) is 80.2 Å². The molecule has 3 aromatic rings. The van der Waals surface area contributed by atoms with Crippen LogP contribution in [-0.4, -0.2) is 39.7 Å². The molecule has 1 fully saturated rings. The van der Waals surface area contributed by atoms with Gasteiger partial charge in [0, 0.05) is 29.9 Å². The fraction of sp³-hybridized carbons (Fsp3) is 0.476. The molecule has 0 unspecified atom stereocenters. The summed E-state index contributed by atoms with van der Waals surface area (Å²) in [5, 5.41) is 7.74. The van der Waals surface area contributed by atoms with Gasteiger partial charge in [0.1, 0.15) is 5.76 Å². The van der Waals surface area contributed by atoms with E-state index in [0.717, 1.165) is 74.9 Å². The van der Waals surface area contributed by atoms with Crippen LogP contribution in [0.15, 0.2) is 33.5 Å². The Kier molecular flexibility index (Phi) is 4.70. The standard InChI is InChI=1S/C21H25N5O2/c1-14-19(18-4-7-22-11-16(18)12-23-14)20-24-21(28-25-20)15-5-8-26(9-6-15)13-17-3-2-10-27-17/h2-3,10,12,15,22H,4-9,11,13H2,1H3. The molecule has 0 aromatic carbocycles. The van der Waals surface area contributed by atoms with Crippen molar-refractivity contribution in [1.29, 1.82) is 0 Å². The highest BCUT2D eigenvalue weighted by atomic mass is 16.5. The zero-order valence-electron chi connectivity index (χ0n) is 16.1. The second-order valence-corrected chi connectivity index (χ2v) is 7.74. The molecule has 1 saturated heterocycles. The lowest BCUT2D eigenvalue weighted by atomic mass is 9.95. The molecule has 0 spiro atoms. The van der Waals surface area contributed by atoms with Crippen molar-refractivity contribution in [2.45, 2.75) is 45.2 Å². The molecule has 0 atom stereocenters. The van der Waals surface area contributed by atoms with Gasteiger partial charge >= 0.3 is 0 Å². The SMILES string of the molecule is Cc1ncc2c(c1-c1noc(C3CCN(Cc4ccco4)CC3)n1)CCNC2. The average Bonchev–Trinajstić information content (AvgIpc) is 3.41. The molecule has 5 rings (SSSR count). The molecular weight excluding hydrogens is 354 g/mol. The van der Waals surface area contributed by atoms with E-state index in [4.69, 9.17) is 13.9 Å². The van der Waals surface area contributed by atoms with Crippen molar-refractivity contribution < 1.29 is 8.94 Å². The number of fused-ring (bicyclic) bond motifs is 1. The van der Waals surface area contributed by atoms with Crippen LogP contribution in [0.5, 0.6) is 0 Å². The first-order valence-corrected chi connectivity index (χ1v) is 10.0. The monoisotopic (exact) mass is 379 g/mol. The predicted molar refractivity (Wildman–Crippen MR) is 104 cm³/mol. The van der Waals surface area contributed by atoms with Crippen LogP contribution >= 0.6 is 0 Å². The number of aromatic nitrogens is 3. The summed E-state index contributed by atoms with van der Waals surface area (Å²) >= 11 is 0. The van der Waals surface area contributed by atoms with Crippen molar-refractivity contribution in [3.8, 4) is 11.4 Å². The molecule has 2 aliphatic rings. The molecule has 0 aliphatic carbocycles. The van der Waals surface area contributed by atoms with E-state index in [1.165, 1.54) is 11.1 Å². The molecular formula is C21H25N5O2. The van der Waals surface area contributed by atoms with E-state index in [9.17, 15) is 0 Å². The first-order chi connectivity index (χ1) is 13.8. The lowest BCUT2D eigenvalue weighted by Gasteiger charge is -2.29. The highest BCUT2D eigenvalue weighted by Crippen LogP contribution is 2.32. The molecule has 7 heteroatoms. The summed E-state index contributed by atoms with van der Waals surface area (Å²) in [6, 6.07) is 3.97. The van der Waals surface area contributed by atoms with E-state index in [0.29, 0.717) is 11.7 Å². The van der Waals surface area contributed by atoms with Crippen LogP contribution < -0.4 is 5.32 Å². The second-order valence-electron chi connectivity index (χ2n) is 7.74. The van der Waals surface area contributed by atoms with Gasteiger partial charge in [-0.25, -0.2) is 0 Å². The van der Waals surface area contributed by atoms with Crippen molar-refractivity contribution in [3.63, 3.8) is 0 Å². The summed E-state index contributed by atoms with van der Waals surface area (Å²) in [7, 11) is 0. The third-order valence-electron chi connectivity index (χ3n) is 5.89. The lowest BCUT2D eigenvalue weighted by molar-refractivity contribution is 0.176. The molecule has 2 aliphatic heterocycles. The first-order valence-electron chi connectivity index (χ1n) is 10.0. The fourth-order valence-electron chi connectivity index (χ4n) is 4.33. The maximum atomic E-state index is 5.70. The van der Waals surface area contributed by atoms with Crippen LogP contribution in [0.25, 0.3) is 11.4 Å². The number of hydrogen-bond acceptors (Lipinski definition) is 7. The van der Waals surface area contributed by atoms with Crippen LogP contribution in [-0.2, 0) is 19.5 Å². The summed E-state index contributed by atoms with van der Waals surface area (Å²) in [5.41, 5.74) is 4.59. The van der Waals surface area contributed by atoms with Gasteiger partial charge in [0.2, 0.25) is 11.7 Å². The third-order valence-corrected chi connectivity index (χ3v) is 5.89. The zero-order valence-corrected chi connectivity index (χ0v) is 16.1. The number of aryl methyl sites for hydroxylation is 1. The molecule has 0 bridgehead atoms. The molecule has 28 heavy (non-hydrogen) atoms. The van der Waals surface area contributed by atoms with Gasteiger partial charge < -0.3 is 14.3 Å². The maximum Gasteiger partial charge on any atom is 0.230 e. The van der Waals surface area contributed by atoms with Crippen molar-refractivity contribution in [2.75, 3.05) is 19.6 Å². The molecule has 5 heterocycles. The van der Waals surface area contributed by atoms with Crippen LogP contribution in [0, 0.1) is 6.92 Å². The Morgan fingerprint density at radius 2 is 2.18 bits per heavy atom. The number of furan rings is 1. The van der Waals surface area contributed by atoms with Crippen LogP contribution in [0.4, 0.5) is 0 Å². The zero-order chi connectivity index (χ0) is 18.9. The maximum absolute atomic E-state index is 5.70. The molecule has 7 nitrogen and oxygen atoms in total. The number of piperidine rings is 1. The Morgan fingerprint density at radius 1 is 1.29 bits per heavy atom. The van der Waals surface area contributed by atoms with Crippen molar-refractivity contribution in [2.24, 2.45) is 0 Å². The minimum atomic E-state index is 0.323. The smallest absolute Gasteiger partial charge is 0.230 e. The van der Waals surface area contributed by atoms with Gasteiger partial charge in [-0.1, -0.05) is 5.16 Å². The Morgan fingerprint density at radius 3 is 3.00 bits per heavy atom. The average molecular weight is 379 g/mol. The number of likely N-dealkylation sites (tertiary alicyclic amines) is 1. The van der Waals surface area contributed by atoms with E-state index in [-0.39, 0.29) is 0 Å².